The summed E-state index contributed by atoms with van der Waals surface area (Å²) in [7, 11) is 0. The average molecular weight is 357 g/mol. The molecule has 0 bridgehead atoms. The predicted molar refractivity (Wildman–Crippen MR) is 93.7 cm³/mol. The van der Waals surface area contributed by atoms with Gasteiger partial charge in [-0.25, -0.2) is 0 Å². The van der Waals surface area contributed by atoms with Crippen molar-refractivity contribution < 1.29 is 13.2 Å². The van der Waals surface area contributed by atoms with Crippen molar-refractivity contribution in [1.82, 2.24) is 14.9 Å². The first-order chi connectivity index (χ1) is 12.5. The minimum Gasteiger partial charge on any atom is -0.298 e. The monoisotopic (exact) mass is 357 g/mol. The predicted octanol–water partition coefficient (Wildman–Crippen LogP) is 4.25. The van der Waals surface area contributed by atoms with Gasteiger partial charge in [-0.1, -0.05) is 18.2 Å². The normalized spacial score (nSPS) is 15.2. The van der Waals surface area contributed by atoms with Crippen LogP contribution in [-0.4, -0.2) is 28.0 Å². The minimum atomic E-state index is -4.30. The molecule has 0 amide bonds. The second-order valence-corrected chi connectivity index (χ2v) is 6.59. The van der Waals surface area contributed by atoms with Crippen LogP contribution in [0.15, 0.2) is 48.8 Å². The number of hydrogen-bond acceptors (Lipinski definition) is 3. The first kappa shape index (κ1) is 17.0. The number of nitrogens with zero attached hydrogens (tertiary/aromatic N) is 3. The molecule has 3 nitrogen and oxygen atoms in total. The molecule has 3 heterocycles. The molecule has 0 radical (unpaired) electrons. The van der Waals surface area contributed by atoms with Gasteiger partial charge in [0.2, 0.25) is 0 Å². The summed E-state index contributed by atoms with van der Waals surface area (Å²) < 4.78 is 39.4. The van der Waals surface area contributed by atoms with Crippen molar-refractivity contribution in [3.05, 3.63) is 71.2 Å². The second-order valence-electron chi connectivity index (χ2n) is 6.59. The van der Waals surface area contributed by atoms with Crippen LogP contribution in [0.5, 0.6) is 0 Å². The van der Waals surface area contributed by atoms with Gasteiger partial charge < -0.3 is 0 Å². The lowest BCUT2D eigenvalue weighted by atomic mass is 10.0. The molecular formula is C20H18F3N3. The minimum absolute atomic E-state index is 0.353. The van der Waals surface area contributed by atoms with E-state index in [4.69, 9.17) is 4.98 Å². The van der Waals surface area contributed by atoms with Gasteiger partial charge in [0, 0.05) is 49.5 Å². The van der Waals surface area contributed by atoms with E-state index in [-0.39, 0.29) is 0 Å². The molecule has 0 unspecified atom stereocenters. The van der Waals surface area contributed by atoms with Crippen LogP contribution in [0.1, 0.15) is 22.4 Å². The summed E-state index contributed by atoms with van der Waals surface area (Å²) in [6, 6.07) is 9.83. The van der Waals surface area contributed by atoms with Gasteiger partial charge >= 0.3 is 6.18 Å². The van der Waals surface area contributed by atoms with Gasteiger partial charge in [-0.2, -0.15) is 13.2 Å². The first-order valence-electron chi connectivity index (χ1n) is 8.61. The van der Waals surface area contributed by atoms with E-state index in [1.165, 1.54) is 6.07 Å². The summed E-state index contributed by atoms with van der Waals surface area (Å²) in [4.78, 5) is 11.0. The molecule has 6 heteroatoms. The molecule has 26 heavy (non-hydrogen) atoms. The van der Waals surface area contributed by atoms with Gasteiger partial charge in [-0.05, 0) is 35.7 Å². The van der Waals surface area contributed by atoms with Crippen molar-refractivity contribution in [1.29, 1.82) is 0 Å². The Bertz CT molecular complexity index is 937. The van der Waals surface area contributed by atoms with E-state index in [0.29, 0.717) is 25.1 Å². The SMILES string of the molecule is FC(F)(F)c1ccccc1CCN1CCc2nc3ccncc3cc2C1. The number of pyridine rings is 2. The Kier molecular flexibility index (Phi) is 4.36. The highest BCUT2D eigenvalue weighted by Gasteiger charge is 2.32. The van der Waals surface area contributed by atoms with E-state index in [2.05, 4.69) is 16.0 Å². The van der Waals surface area contributed by atoms with Crippen molar-refractivity contribution in [2.45, 2.75) is 25.6 Å². The van der Waals surface area contributed by atoms with Crippen molar-refractivity contribution in [2.75, 3.05) is 13.1 Å². The maximum absolute atomic E-state index is 13.1. The summed E-state index contributed by atoms with van der Waals surface area (Å²) in [6.07, 6.45) is 0.416. The van der Waals surface area contributed by atoms with E-state index < -0.39 is 11.7 Å². The first-order valence-corrected chi connectivity index (χ1v) is 8.61. The third kappa shape index (κ3) is 3.42. The molecule has 0 fully saturated rings. The van der Waals surface area contributed by atoms with Gasteiger partial charge in [0.1, 0.15) is 0 Å². The lowest BCUT2D eigenvalue weighted by molar-refractivity contribution is -0.138. The van der Waals surface area contributed by atoms with Crippen molar-refractivity contribution >= 4 is 10.9 Å². The average Bonchev–Trinajstić information content (AvgIpc) is 2.64. The molecule has 1 aromatic carbocycles. The topological polar surface area (TPSA) is 29.0 Å². The van der Waals surface area contributed by atoms with Gasteiger partial charge in [-0.3, -0.25) is 14.9 Å². The molecular weight excluding hydrogens is 339 g/mol. The van der Waals surface area contributed by atoms with Crippen molar-refractivity contribution in [2.24, 2.45) is 0 Å². The molecule has 2 aromatic heterocycles. The molecule has 3 aromatic rings. The molecule has 0 atom stereocenters. The summed E-state index contributed by atoms with van der Waals surface area (Å²) in [5.41, 5.74) is 2.98. The molecule has 134 valence electrons. The quantitative estimate of drug-likeness (QED) is 0.702. The zero-order valence-electron chi connectivity index (χ0n) is 14.1. The molecule has 0 saturated carbocycles. The fourth-order valence-corrected chi connectivity index (χ4v) is 3.52. The zero-order valence-corrected chi connectivity index (χ0v) is 14.1. The van der Waals surface area contributed by atoms with Crippen LogP contribution in [0.25, 0.3) is 10.9 Å². The largest absolute Gasteiger partial charge is 0.416 e. The summed E-state index contributed by atoms with van der Waals surface area (Å²) in [6.45, 7) is 2.11. The number of aromatic nitrogens is 2. The number of hydrogen-bond donors (Lipinski definition) is 0. The standard InChI is InChI=1S/C20H18F3N3/c21-20(22,23)17-4-2-1-3-14(17)6-9-26-10-7-19-16(13-26)11-15-12-24-8-5-18(15)25-19/h1-5,8,11-12H,6-7,9-10,13H2. The van der Waals surface area contributed by atoms with Crippen LogP contribution >= 0.6 is 0 Å². The van der Waals surface area contributed by atoms with Crippen molar-refractivity contribution in [3.63, 3.8) is 0 Å². The molecule has 0 saturated heterocycles. The van der Waals surface area contributed by atoms with Crippen LogP contribution in [0.4, 0.5) is 13.2 Å². The third-order valence-corrected chi connectivity index (χ3v) is 4.86. The summed E-state index contributed by atoms with van der Waals surface area (Å²) in [5.74, 6) is 0. The van der Waals surface area contributed by atoms with Gasteiger partial charge in [-0.15, -0.1) is 0 Å². The Morgan fingerprint density at radius 1 is 1.12 bits per heavy atom. The highest BCUT2D eigenvalue weighted by Crippen LogP contribution is 2.32. The van der Waals surface area contributed by atoms with Crippen LogP contribution in [0, 0.1) is 0 Å². The summed E-state index contributed by atoms with van der Waals surface area (Å²) >= 11 is 0. The Labute approximate surface area is 149 Å². The zero-order chi connectivity index (χ0) is 18.1. The molecule has 1 aliphatic heterocycles. The maximum Gasteiger partial charge on any atom is 0.416 e. The molecule has 0 aliphatic carbocycles. The van der Waals surface area contributed by atoms with Crippen LogP contribution in [0.2, 0.25) is 0 Å². The Balaban J connectivity index is 1.49. The second kappa shape index (κ2) is 6.68. The highest BCUT2D eigenvalue weighted by atomic mass is 19.4. The maximum atomic E-state index is 13.1. The molecule has 0 N–H and O–H groups in total. The lowest BCUT2D eigenvalue weighted by Gasteiger charge is -2.28. The fraction of sp³-hybridized carbons (Fsp3) is 0.300. The van der Waals surface area contributed by atoms with E-state index in [1.807, 2.05) is 6.07 Å². The van der Waals surface area contributed by atoms with Gasteiger partial charge in [0.05, 0.1) is 11.1 Å². The van der Waals surface area contributed by atoms with Gasteiger partial charge in [0.15, 0.2) is 0 Å². The lowest BCUT2D eigenvalue weighted by Crippen LogP contribution is -2.33. The van der Waals surface area contributed by atoms with E-state index >= 15 is 0 Å². The van der Waals surface area contributed by atoms with Crippen LogP contribution < -0.4 is 0 Å². The van der Waals surface area contributed by atoms with Gasteiger partial charge in [0.25, 0.3) is 0 Å². The third-order valence-electron chi connectivity index (χ3n) is 4.86. The van der Waals surface area contributed by atoms with E-state index in [0.717, 1.165) is 41.2 Å². The smallest absolute Gasteiger partial charge is 0.298 e. The molecule has 0 spiro atoms. The molecule has 4 rings (SSSR count). The fourth-order valence-electron chi connectivity index (χ4n) is 3.52. The summed E-state index contributed by atoms with van der Waals surface area (Å²) in [5, 5.41) is 0.996. The van der Waals surface area contributed by atoms with Crippen molar-refractivity contribution in [3.8, 4) is 0 Å². The molecule has 1 aliphatic rings. The highest BCUT2D eigenvalue weighted by molar-refractivity contribution is 5.78. The number of alkyl halides is 3. The number of fused-ring (bicyclic) bond motifs is 2. The Hall–Kier alpha value is -2.47. The number of halogens is 3. The van der Waals surface area contributed by atoms with E-state index in [1.54, 1.807) is 24.5 Å². The van der Waals surface area contributed by atoms with Crippen LogP contribution in [-0.2, 0) is 25.6 Å². The van der Waals surface area contributed by atoms with E-state index in [9.17, 15) is 13.2 Å². The Morgan fingerprint density at radius 3 is 2.81 bits per heavy atom. The Morgan fingerprint density at radius 2 is 1.96 bits per heavy atom. The van der Waals surface area contributed by atoms with Crippen LogP contribution in [0.3, 0.4) is 0 Å². The number of benzene rings is 1. The number of rotatable bonds is 3.